The maximum Gasteiger partial charge on any atom is 0.237 e. The predicted molar refractivity (Wildman–Crippen MR) is 71.9 cm³/mol. The Labute approximate surface area is 106 Å². The molecule has 0 saturated heterocycles. The van der Waals surface area contributed by atoms with E-state index >= 15 is 0 Å². The molecule has 1 aliphatic carbocycles. The second-order valence-corrected chi connectivity index (χ2v) is 5.38. The Kier molecular flexibility index (Phi) is 6.56. The van der Waals surface area contributed by atoms with Gasteiger partial charge in [-0.15, -0.1) is 0 Å². The first-order valence-corrected chi connectivity index (χ1v) is 7.16. The van der Waals surface area contributed by atoms with Gasteiger partial charge in [0.15, 0.2) is 0 Å². The first-order valence-electron chi connectivity index (χ1n) is 7.16. The van der Waals surface area contributed by atoms with E-state index in [0.29, 0.717) is 12.0 Å². The van der Waals surface area contributed by atoms with Crippen molar-refractivity contribution < 1.29 is 4.79 Å². The third-order valence-electron chi connectivity index (χ3n) is 3.86. The van der Waals surface area contributed by atoms with Crippen molar-refractivity contribution in [3.8, 4) is 0 Å². The second-order valence-electron chi connectivity index (χ2n) is 5.38. The van der Waals surface area contributed by atoms with Gasteiger partial charge in [-0.1, -0.05) is 39.5 Å². The zero-order valence-electron chi connectivity index (χ0n) is 11.6. The minimum atomic E-state index is -0.0307. The van der Waals surface area contributed by atoms with Crippen LogP contribution in [0.25, 0.3) is 0 Å². The number of hydrogen-bond donors (Lipinski definition) is 2. The average molecular weight is 240 g/mol. The molecule has 0 aromatic rings. The molecule has 1 aliphatic rings. The van der Waals surface area contributed by atoms with E-state index in [2.05, 4.69) is 24.5 Å². The Morgan fingerprint density at radius 3 is 2.47 bits per heavy atom. The zero-order chi connectivity index (χ0) is 12.7. The third-order valence-corrected chi connectivity index (χ3v) is 3.86. The number of carbonyl (C=O) groups is 1. The molecule has 17 heavy (non-hydrogen) atoms. The van der Waals surface area contributed by atoms with Crippen LogP contribution in [0.15, 0.2) is 0 Å². The molecule has 2 atom stereocenters. The molecule has 2 unspecified atom stereocenters. The standard InChI is InChI=1S/C14H28N2O/c1-4-8-11(2)13(15-3)14(17)16-12-9-6-5-7-10-12/h11-13,15H,4-10H2,1-3H3,(H,16,17). The lowest BCUT2D eigenvalue weighted by atomic mass is 9.93. The van der Waals surface area contributed by atoms with E-state index in [1.807, 2.05) is 7.05 Å². The SMILES string of the molecule is CCCC(C)C(NC)C(=O)NC1CCCCC1. The maximum atomic E-state index is 12.2. The van der Waals surface area contributed by atoms with Crippen molar-refractivity contribution >= 4 is 5.91 Å². The molecular weight excluding hydrogens is 212 g/mol. The largest absolute Gasteiger partial charge is 0.352 e. The van der Waals surface area contributed by atoms with Gasteiger partial charge in [-0.05, 0) is 32.2 Å². The van der Waals surface area contributed by atoms with E-state index in [9.17, 15) is 4.79 Å². The highest BCUT2D eigenvalue weighted by Crippen LogP contribution is 2.18. The summed E-state index contributed by atoms with van der Waals surface area (Å²) in [5, 5.41) is 6.37. The first-order chi connectivity index (χ1) is 8.19. The lowest BCUT2D eigenvalue weighted by Crippen LogP contribution is -2.50. The molecule has 1 saturated carbocycles. The highest BCUT2D eigenvalue weighted by Gasteiger charge is 2.25. The van der Waals surface area contributed by atoms with E-state index in [0.717, 1.165) is 25.7 Å². The van der Waals surface area contributed by atoms with Crippen LogP contribution in [0.5, 0.6) is 0 Å². The van der Waals surface area contributed by atoms with Gasteiger partial charge in [0.25, 0.3) is 0 Å². The van der Waals surface area contributed by atoms with Crippen LogP contribution >= 0.6 is 0 Å². The summed E-state index contributed by atoms with van der Waals surface area (Å²) in [6, 6.07) is 0.387. The van der Waals surface area contributed by atoms with Crippen molar-refractivity contribution in [2.24, 2.45) is 5.92 Å². The van der Waals surface area contributed by atoms with Gasteiger partial charge in [0.2, 0.25) is 5.91 Å². The fourth-order valence-corrected chi connectivity index (χ4v) is 2.83. The Morgan fingerprint density at radius 1 is 1.29 bits per heavy atom. The molecule has 100 valence electrons. The van der Waals surface area contributed by atoms with Crippen molar-refractivity contribution in [3.63, 3.8) is 0 Å². The van der Waals surface area contributed by atoms with Crippen LogP contribution in [0.1, 0.15) is 58.8 Å². The van der Waals surface area contributed by atoms with Crippen LogP contribution < -0.4 is 10.6 Å². The number of likely N-dealkylation sites (N-methyl/N-ethyl adjacent to an activating group) is 1. The fourth-order valence-electron chi connectivity index (χ4n) is 2.83. The lowest BCUT2D eigenvalue weighted by molar-refractivity contribution is -0.125. The number of rotatable bonds is 6. The summed E-state index contributed by atoms with van der Waals surface area (Å²) in [5.74, 6) is 0.606. The summed E-state index contributed by atoms with van der Waals surface area (Å²) in [6.45, 7) is 4.33. The molecule has 1 rings (SSSR count). The molecule has 3 nitrogen and oxygen atoms in total. The van der Waals surface area contributed by atoms with E-state index in [-0.39, 0.29) is 11.9 Å². The molecule has 0 spiro atoms. The summed E-state index contributed by atoms with van der Waals surface area (Å²) < 4.78 is 0. The molecule has 0 aromatic heterocycles. The molecule has 0 radical (unpaired) electrons. The Balaban J connectivity index is 2.41. The first kappa shape index (κ1) is 14.5. The van der Waals surface area contributed by atoms with Crippen molar-refractivity contribution in [1.82, 2.24) is 10.6 Å². The zero-order valence-corrected chi connectivity index (χ0v) is 11.6. The Morgan fingerprint density at radius 2 is 1.94 bits per heavy atom. The van der Waals surface area contributed by atoms with Crippen LogP contribution in [-0.4, -0.2) is 25.0 Å². The molecule has 3 heteroatoms. The molecular formula is C14H28N2O. The molecule has 0 aliphatic heterocycles. The Bertz CT molecular complexity index is 224. The number of hydrogen-bond acceptors (Lipinski definition) is 2. The van der Waals surface area contributed by atoms with E-state index in [4.69, 9.17) is 0 Å². The van der Waals surface area contributed by atoms with Crippen molar-refractivity contribution in [3.05, 3.63) is 0 Å². The van der Waals surface area contributed by atoms with Crippen molar-refractivity contribution in [1.29, 1.82) is 0 Å². The van der Waals surface area contributed by atoms with Gasteiger partial charge in [-0.3, -0.25) is 4.79 Å². The van der Waals surface area contributed by atoms with Gasteiger partial charge in [-0.25, -0.2) is 0 Å². The molecule has 0 bridgehead atoms. The van der Waals surface area contributed by atoms with E-state index in [1.165, 1.54) is 19.3 Å². The summed E-state index contributed by atoms with van der Waals surface area (Å²) in [6.07, 6.45) is 8.40. The quantitative estimate of drug-likeness (QED) is 0.749. The fraction of sp³-hybridized carbons (Fsp3) is 0.929. The van der Waals surface area contributed by atoms with Crippen molar-refractivity contribution in [2.45, 2.75) is 70.9 Å². The molecule has 2 N–H and O–H groups in total. The smallest absolute Gasteiger partial charge is 0.237 e. The third kappa shape index (κ3) is 4.66. The average Bonchev–Trinajstić information content (AvgIpc) is 2.31. The summed E-state index contributed by atoms with van der Waals surface area (Å²) in [4.78, 5) is 12.2. The van der Waals surface area contributed by atoms with Gasteiger partial charge in [0, 0.05) is 6.04 Å². The molecule has 0 aromatic carbocycles. The van der Waals surface area contributed by atoms with Gasteiger partial charge in [0.05, 0.1) is 6.04 Å². The van der Waals surface area contributed by atoms with E-state index < -0.39 is 0 Å². The Hall–Kier alpha value is -0.570. The number of carbonyl (C=O) groups excluding carboxylic acids is 1. The van der Waals surface area contributed by atoms with Crippen LogP contribution in [0, 0.1) is 5.92 Å². The topological polar surface area (TPSA) is 41.1 Å². The summed E-state index contributed by atoms with van der Waals surface area (Å²) >= 11 is 0. The van der Waals surface area contributed by atoms with Crippen LogP contribution in [0.4, 0.5) is 0 Å². The van der Waals surface area contributed by atoms with Gasteiger partial charge in [-0.2, -0.15) is 0 Å². The van der Waals surface area contributed by atoms with Gasteiger partial charge in [0.1, 0.15) is 0 Å². The molecule has 1 fully saturated rings. The highest BCUT2D eigenvalue weighted by molar-refractivity contribution is 5.82. The summed E-state index contributed by atoms with van der Waals surface area (Å²) in [5.41, 5.74) is 0. The summed E-state index contributed by atoms with van der Waals surface area (Å²) in [7, 11) is 1.89. The van der Waals surface area contributed by atoms with E-state index in [1.54, 1.807) is 0 Å². The normalized spacial score (nSPS) is 20.9. The van der Waals surface area contributed by atoms with Crippen LogP contribution in [0.2, 0.25) is 0 Å². The minimum Gasteiger partial charge on any atom is -0.352 e. The van der Waals surface area contributed by atoms with Crippen LogP contribution in [0.3, 0.4) is 0 Å². The molecule has 1 amide bonds. The minimum absolute atomic E-state index is 0.0307. The molecule has 0 heterocycles. The second kappa shape index (κ2) is 7.70. The van der Waals surface area contributed by atoms with Gasteiger partial charge >= 0.3 is 0 Å². The number of nitrogens with one attached hydrogen (secondary N) is 2. The predicted octanol–water partition coefficient (Wildman–Crippen LogP) is 2.46. The van der Waals surface area contributed by atoms with Crippen molar-refractivity contribution in [2.75, 3.05) is 7.05 Å². The highest BCUT2D eigenvalue weighted by atomic mass is 16.2. The van der Waals surface area contributed by atoms with Gasteiger partial charge < -0.3 is 10.6 Å². The number of amides is 1. The van der Waals surface area contributed by atoms with Crippen LogP contribution in [-0.2, 0) is 4.79 Å². The maximum absolute atomic E-state index is 12.2. The monoisotopic (exact) mass is 240 g/mol. The lowest BCUT2D eigenvalue weighted by Gasteiger charge is -2.28.